The predicted molar refractivity (Wildman–Crippen MR) is 92.9 cm³/mol. The Morgan fingerprint density at radius 2 is 1.87 bits per heavy atom. The highest BCUT2D eigenvalue weighted by atomic mass is 16.3. The molecule has 3 saturated carbocycles. The summed E-state index contributed by atoms with van der Waals surface area (Å²) in [5, 5.41) is 21.8. The molecule has 0 aliphatic heterocycles. The van der Waals surface area contributed by atoms with Crippen molar-refractivity contribution in [2.45, 2.75) is 84.3 Å². The number of rotatable bonds is 1. The van der Waals surface area contributed by atoms with Crippen molar-refractivity contribution in [3.63, 3.8) is 0 Å². The second-order valence-electron chi connectivity index (χ2n) is 10.0. The van der Waals surface area contributed by atoms with Gasteiger partial charge in [0.1, 0.15) is 0 Å². The van der Waals surface area contributed by atoms with Crippen LogP contribution in [-0.4, -0.2) is 21.9 Å². The van der Waals surface area contributed by atoms with Crippen LogP contribution in [0.2, 0.25) is 0 Å². The van der Waals surface area contributed by atoms with E-state index in [0.717, 1.165) is 38.5 Å². The summed E-state index contributed by atoms with van der Waals surface area (Å²) in [4.78, 5) is 0. The molecule has 3 fully saturated rings. The molecule has 0 aromatic carbocycles. The van der Waals surface area contributed by atoms with Gasteiger partial charge in [0.2, 0.25) is 0 Å². The molecule has 1 spiro atoms. The van der Waals surface area contributed by atoms with Crippen LogP contribution in [0.5, 0.6) is 0 Å². The summed E-state index contributed by atoms with van der Waals surface area (Å²) in [5.74, 6) is 2.00. The van der Waals surface area contributed by atoms with E-state index in [9.17, 15) is 10.2 Å². The smallest absolute Gasteiger partial charge is 0.0653 e. The summed E-state index contributed by atoms with van der Waals surface area (Å²) in [6.07, 6.45) is 10.2. The van der Waals surface area contributed by atoms with Crippen LogP contribution in [0, 0.1) is 34.5 Å². The standard InChI is InChI=1S/C21H34O2/c1-13(2)15-11-21-9-6-17-19(3,7-5-8-20(17,4)23)18(21)10-14(15)16(22)12-21/h11,13-14,16-18,22-23H,5-10,12H2,1-4H3. The minimum Gasteiger partial charge on any atom is -0.392 e. The zero-order valence-electron chi connectivity index (χ0n) is 15.3. The van der Waals surface area contributed by atoms with Crippen LogP contribution >= 0.6 is 0 Å². The van der Waals surface area contributed by atoms with Crippen molar-refractivity contribution in [2.24, 2.45) is 34.5 Å². The lowest BCUT2D eigenvalue weighted by molar-refractivity contribution is -0.193. The lowest BCUT2D eigenvalue weighted by Crippen LogP contribution is -2.62. The van der Waals surface area contributed by atoms with E-state index in [2.05, 4.69) is 33.8 Å². The van der Waals surface area contributed by atoms with Crippen molar-refractivity contribution in [3.05, 3.63) is 11.6 Å². The molecule has 2 heteroatoms. The average Bonchev–Trinajstić information content (AvgIpc) is 2.45. The van der Waals surface area contributed by atoms with Crippen molar-refractivity contribution < 1.29 is 10.2 Å². The molecule has 2 bridgehead atoms. The van der Waals surface area contributed by atoms with Crippen LogP contribution in [-0.2, 0) is 0 Å². The fourth-order valence-corrected chi connectivity index (χ4v) is 7.50. The lowest BCUT2D eigenvalue weighted by atomic mass is 9.39. The highest BCUT2D eigenvalue weighted by molar-refractivity contribution is 5.30. The third-order valence-corrected chi connectivity index (χ3v) is 8.43. The highest BCUT2D eigenvalue weighted by Crippen LogP contribution is 2.69. The van der Waals surface area contributed by atoms with Gasteiger partial charge in [-0.1, -0.05) is 38.8 Å². The number of hydrogen-bond acceptors (Lipinski definition) is 2. The lowest BCUT2D eigenvalue weighted by Gasteiger charge is -2.67. The van der Waals surface area contributed by atoms with Gasteiger partial charge in [-0.05, 0) is 74.0 Å². The first-order valence-electron chi connectivity index (χ1n) is 9.83. The molecule has 2 nitrogen and oxygen atoms in total. The van der Waals surface area contributed by atoms with Gasteiger partial charge in [-0.15, -0.1) is 0 Å². The van der Waals surface area contributed by atoms with Crippen molar-refractivity contribution in [3.8, 4) is 0 Å². The molecular weight excluding hydrogens is 284 g/mol. The molecular formula is C21H34O2. The van der Waals surface area contributed by atoms with E-state index in [1.165, 1.54) is 12.0 Å². The maximum absolute atomic E-state index is 11.0. The molecule has 5 rings (SSSR count). The fraction of sp³-hybridized carbons (Fsp3) is 0.905. The van der Waals surface area contributed by atoms with E-state index in [-0.39, 0.29) is 16.9 Å². The fourth-order valence-electron chi connectivity index (χ4n) is 7.50. The van der Waals surface area contributed by atoms with Crippen LogP contribution in [0.4, 0.5) is 0 Å². The van der Waals surface area contributed by atoms with Gasteiger partial charge >= 0.3 is 0 Å². The largest absolute Gasteiger partial charge is 0.392 e. The Hall–Kier alpha value is -0.340. The van der Waals surface area contributed by atoms with Crippen LogP contribution in [0.15, 0.2) is 11.6 Å². The van der Waals surface area contributed by atoms with Crippen molar-refractivity contribution in [1.82, 2.24) is 0 Å². The van der Waals surface area contributed by atoms with Gasteiger partial charge in [-0.2, -0.15) is 0 Å². The highest BCUT2D eigenvalue weighted by Gasteiger charge is 2.64. The van der Waals surface area contributed by atoms with Gasteiger partial charge in [0.05, 0.1) is 11.7 Å². The third-order valence-electron chi connectivity index (χ3n) is 8.43. The monoisotopic (exact) mass is 318 g/mol. The Balaban J connectivity index is 1.77. The molecule has 0 aromatic rings. The van der Waals surface area contributed by atoms with E-state index >= 15 is 0 Å². The van der Waals surface area contributed by atoms with E-state index in [1.807, 2.05) is 0 Å². The minimum absolute atomic E-state index is 0.141. The molecule has 0 amide bonds. The van der Waals surface area contributed by atoms with Gasteiger partial charge in [0.15, 0.2) is 0 Å². The number of aliphatic hydroxyl groups excluding tert-OH is 1. The van der Waals surface area contributed by atoms with E-state index in [1.54, 1.807) is 0 Å². The van der Waals surface area contributed by atoms with Crippen molar-refractivity contribution in [1.29, 1.82) is 0 Å². The Labute approximate surface area is 141 Å². The zero-order valence-corrected chi connectivity index (χ0v) is 15.3. The zero-order chi connectivity index (χ0) is 16.6. The molecule has 7 unspecified atom stereocenters. The summed E-state index contributed by atoms with van der Waals surface area (Å²) >= 11 is 0. The molecule has 0 radical (unpaired) electrons. The van der Waals surface area contributed by atoms with E-state index in [4.69, 9.17) is 0 Å². The Morgan fingerprint density at radius 1 is 1.13 bits per heavy atom. The van der Waals surface area contributed by atoms with Crippen LogP contribution in [0.3, 0.4) is 0 Å². The normalized spacial score (nSPS) is 55.3. The van der Waals surface area contributed by atoms with Gasteiger partial charge in [0, 0.05) is 5.92 Å². The Kier molecular flexibility index (Phi) is 3.40. The van der Waals surface area contributed by atoms with Crippen LogP contribution in [0.25, 0.3) is 0 Å². The molecule has 2 N–H and O–H groups in total. The van der Waals surface area contributed by atoms with Crippen LogP contribution < -0.4 is 0 Å². The first kappa shape index (κ1) is 16.1. The molecule has 7 atom stereocenters. The van der Waals surface area contributed by atoms with Gasteiger partial charge in [-0.3, -0.25) is 0 Å². The van der Waals surface area contributed by atoms with Gasteiger partial charge in [0.25, 0.3) is 0 Å². The molecule has 0 heterocycles. The summed E-state index contributed by atoms with van der Waals surface area (Å²) in [6.45, 7) is 9.11. The maximum atomic E-state index is 11.0. The first-order chi connectivity index (χ1) is 10.7. The molecule has 0 aromatic heterocycles. The maximum Gasteiger partial charge on any atom is 0.0653 e. The summed E-state index contributed by atoms with van der Waals surface area (Å²) in [5.41, 5.74) is 1.47. The minimum atomic E-state index is -0.492. The molecule has 130 valence electrons. The second kappa shape index (κ2) is 4.85. The molecule has 5 aliphatic carbocycles. The first-order valence-corrected chi connectivity index (χ1v) is 9.83. The van der Waals surface area contributed by atoms with E-state index < -0.39 is 5.60 Å². The molecule has 23 heavy (non-hydrogen) atoms. The molecule has 5 aliphatic rings. The third kappa shape index (κ3) is 2.07. The summed E-state index contributed by atoms with van der Waals surface area (Å²) in [6, 6.07) is 0. The van der Waals surface area contributed by atoms with Crippen molar-refractivity contribution in [2.75, 3.05) is 0 Å². The Morgan fingerprint density at radius 3 is 2.57 bits per heavy atom. The molecule has 0 saturated heterocycles. The van der Waals surface area contributed by atoms with Crippen LogP contribution in [0.1, 0.15) is 72.6 Å². The van der Waals surface area contributed by atoms with E-state index in [0.29, 0.717) is 23.7 Å². The quantitative estimate of drug-likeness (QED) is 0.707. The average molecular weight is 319 g/mol. The Bertz CT molecular complexity index is 534. The topological polar surface area (TPSA) is 40.5 Å². The van der Waals surface area contributed by atoms with Crippen molar-refractivity contribution >= 4 is 0 Å². The van der Waals surface area contributed by atoms with Gasteiger partial charge in [-0.25, -0.2) is 0 Å². The predicted octanol–water partition coefficient (Wildman–Crippen LogP) is 4.31. The number of fused-ring (bicyclic) bond motifs is 2. The second-order valence-corrected chi connectivity index (χ2v) is 10.0. The summed E-state index contributed by atoms with van der Waals surface area (Å²) in [7, 11) is 0. The number of aliphatic hydroxyl groups is 2. The van der Waals surface area contributed by atoms with Gasteiger partial charge < -0.3 is 10.2 Å². The SMILES string of the molecule is CC(C)C1=CC23CCC4C(C)(O)CCCC4(C)C2CC1C(O)C3. The number of allylic oxidation sites excluding steroid dienone is 1. The summed E-state index contributed by atoms with van der Waals surface area (Å²) < 4.78 is 0. The number of hydrogen-bond donors (Lipinski definition) is 2.